The lowest BCUT2D eigenvalue weighted by atomic mass is 10.1. The van der Waals surface area contributed by atoms with E-state index >= 15 is 0 Å². The lowest BCUT2D eigenvalue weighted by molar-refractivity contribution is 0.597. The maximum atomic E-state index is 8.70. The Hall–Kier alpha value is -15.5. The highest BCUT2D eigenvalue weighted by Crippen LogP contribution is 2.55. The molecule has 5 aromatic carbocycles. The molecule has 0 spiro atoms. The molecular formula is C109H110N22O5. The fourth-order valence-electron chi connectivity index (χ4n) is 20.6. The molecule has 0 bridgehead atoms. The van der Waals surface area contributed by atoms with E-state index in [0.717, 1.165) is 213 Å². The minimum absolute atomic E-state index is 0.0830. The van der Waals surface area contributed by atoms with Crippen molar-refractivity contribution in [2.45, 2.75) is 194 Å². The van der Waals surface area contributed by atoms with Crippen molar-refractivity contribution in [1.82, 2.24) is 59.8 Å². The number of hydrogen-bond acceptors (Lipinski definition) is 27. The van der Waals surface area contributed by atoms with Crippen LogP contribution in [0, 0.1) is 69.2 Å². The summed E-state index contributed by atoms with van der Waals surface area (Å²) in [4.78, 5) is 76.5. The van der Waals surface area contributed by atoms with Gasteiger partial charge in [-0.1, -0.05) is 60.7 Å². The maximum absolute atomic E-state index is 8.70. The highest BCUT2D eigenvalue weighted by atomic mass is 16.4. The quantitative estimate of drug-likeness (QED) is 0.137. The Bertz CT molecular complexity index is 7680. The zero-order chi connectivity index (χ0) is 97.5. The van der Waals surface area contributed by atoms with Crippen LogP contribution in [0.4, 0.5) is 86.2 Å². The first-order valence-corrected chi connectivity index (χ1v) is 46.2. The molecule has 0 N–H and O–H groups in total. The number of fused-ring (bicyclic) bond motifs is 20. The van der Waals surface area contributed by atoms with Crippen molar-refractivity contribution in [2.24, 2.45) is 0 Å². The predicted molar refractivity (Wildman–Crippen MR) is 549 cm³/mol. The molecule has 27 nitrogen and oxygen atoms in total. The molecule has 20 heterocycles. The van der Waals surface area contributed by atoms with E-state index in [1.54, 1.807) is 37.2 Å². The van der Waals surface area contributed by atoms with Crippen molar-refractivity contribution in [3.8, 4) is 0 Å². The molecule has 5 aliphatic rings. The summed E-state index contributed by atoms with van der Waals surface area (Å²) < 4.78 is 57.4. The minimum Gasteiger partial charge on any atom is -0.435 e. The normalized spacial score (nSPS) is 17.2. The van der Waals surface area contributed by atoms with Gasteiger partial charge in [0.25, 0.3) is 0 Å². The zero-order valence-corrected chi connectivity index (χ0v) is 80.8. The standard InChI is InChI=1S/2C23H24N4O.C22H23N5O.C21H20N4O.C20H19N5O/c2*1-13(2)26-16(5)27(19-7-6-12-24-22(19)26)20-14(3)8-10-17-18-11-9-15(4)25-23(18)28-21(17)20;1-12(2)26-15(5)27(21-20(26)23-10-11-24-21)18-13(3)6-8-16-17-9-7-14(4)25-22(17)28-19(16)18;1-12-7-9-15-16-10-8-13(2)23-21(16)26-19(15)18(12)25-14(3)24(4)20-17(25)6-5-11-22-20;1-11-5-7-14-15-8-6-12(2)23-20(15)26-17(14)16(11)25-13(3)24(4)18-19(25)22-10-9-21-18/h2*6-13,16H,1-5H3;6-12,15H,1-5H3;5-11,14H,1-4H3;5-10,13H,1-4H3/i2*13D;12D;;. The lowest BCUT2D eigenvalue weighted by Gasteiger charge is -2.33. The van der Waals surface area contributed by atoms with E-state index in [2.05, 4.69) is 280 Å². The average molecular weight is 1810 g/mol. The summed E-state index contributed by atoms with van der Waals surface area (Å²) >= 11 is 0. The Morgan fingerprint density at radius 3 is 0.779 bits per heavy atom. The summed E-state index contributed by atoms with van der Waals surface area (Å²) in [5.74, 6) is 5.80. The van der Waals surface area contributed by atoms with Gasteiger partial charge in [-0.15, -0.1) is 0 Å². The molecule has 0 saturated carbocycles. The van der Waals surface area contributed by atoms with Crippen LogP contribution in [-0.4, -0.2) is 123 Å². The van der Waals surface area contributed by atoms with Gasteiger partial charge in [-0.25, -0.2) is 59.8 Å². The van der Waals surface area contributed by atoms with Crippen molar-refractivity contribution in [1.29, 1.82) is 0 Å². The van der Waals surface area contributed by atoms with Gasteiger partial charge in [0.1, 0.15) is 30.8 Å². The Kier molecular flexibility index (Phi) is 20.6. The zero-order valence-electron chi connectivity index (χ0n) is 83.8. The molecule has 0 radical (unpaired) electrons. The molecule has 0 aliphatic carbocycles. The monoisotopic (exact) mass is 1810 g/mol. The Morgan fingerprint density at radius 1 is 0.243 bits per heavy atom. The SMILES string of the molecule is Cc1ccc2c(n1)oc1c(N3c4cccnc4N(C)C3C)c(C)ccc12.Cc1ccc2c(n1)oc1c(N3c4nccnc4N(C)C3C)c(C)ccc12.[2H]C(C)(C)N1c2ncccc2N(c2c(C)ccc3c2oc2nc(C)ccc23)C1C.[2H]C(C)(C)N1c2ncccc2N(c2c(C)ccc3c2oc2nc(C)ccc23)C1C.[2H]C(C)(C)N1c2nccnc2N(c2c(C)ccc3c2oc2nc(C)ccc23)C1C. The third kappa shape index (κ3) is 14.0. The number of aryl methyl sites for hydroxylation is 10. The minimum atomic E-state index is -0.854. The van der Waals surface area contributed by atoms with Crippen LogP contribution < -0.4 is 49.0 Å². The van der Waals surface area contributed by atoms with E-state index < -0.39 is 18.1 Å². The molecule has 0 fully saturated rings. The van der Waals surface area contributed by atoms with E-state index in [1.807, 2.05) is 153 Å². The number of furan rings is 5. The van der Waals surface area contributed by atoms with Crippen LogP contribution in [0.1, 0.15) is 137 Å². The summed E-state index contributed by atoms with van der Waals surface area (Å²) in [5.41, 5.74) is 25.9. The van der Waals surface area contributed by atoms with Gasteiger partial charge >= 0.3 is 0 Å². The smallest absolute Gasteiger partial charge is 0.227 e. The molecule has 0 amide bonds. The van der Waals surface area contributed by atoms with Crippen LogP contribution in [0.15, 0.2) is 223 Å². The van der Waals surface area contributed by atoms with Crippen LogP contribution >= 0.6 is 0 Å². The second-order valence-electron chi connectivity index (χ2n) is 36.7. The van der Waals surface area contributed by atoms with E-state index in [9.17, 15) is 0 Å². The summed E-state index contributed by atoms with van der Waals surface area (Å²) in [7, 11) is 4.12. The number of anilines is 15. The number of nitrogens with zero attached hydrogens (tertiary/aromatic N) is 22. The van der Waals surface area contributed by atoms with E-state index in [-0.39, 0.29) is 30.8 Å². The highest BCUT2D eigenvalue weighted by molar-refractivity contribution is 6.15. The summed E-state index contributed by atoms with van der Waals surface area (Å²) in [5, 5.41) is 10.4. The lowest BCUT2D eigenvalue weighted by Crippen LogP contribution is -2.42. The van der Waals surface area contributed by atoms with Crippen LogP contribution in [0.25, 0.3) is 110 Å². The number of rotatable bonds is 8. The van der Waals surface area contributed by atoms with Crippen LogP contribution in [0.3, 0.4) is 0 Å². The van der Waals surface area contributed by atoms with E-state index in [1.165, 1.54) is 5.56 Å². The number of hydrogen-bond donors (Lipinski definition) is 0. The molecular weight excluding hydrogens is 1700 g/mol. The Balaban J connectivity index is 0.000000103. The number of benzene rings is 5. The first-order chi connectivity index (χ1) is 66.4. The molecule has 136 heavy (non-hydrogen) atoms. The summed E-state index contributed by atoms with van der Waals surface area (Å²) in [6.45, 7) is 42.3. The van der Waals surface area contributed by atoms with Gasteiger partial charge in [-0.3, -0.25) is 9.80 Å². The molecule has 25 rings (SSSR count). The first kappa shape index (κ1) is 83.5. The number of pyridine rings is 8. The van der Waals surface area contributed by atoms with E-state index in [0.29, 0.717) is 34.4 Å². The van der Waals surface area contributed by atoms with Gasteiger partial charge in [-0.05, 0) is 270 Å². The highest BCUT2D eigenvalue weighted by Gasteiger charge is 2.44. The third-order valence-corrected chi connectivity index (χ3v) is 27.1. The number of aromatic nitrogens is 12. The maximum Gasteiger partial charge on any atom is 0.227 e. The molecule has 686 valence electrons. The predicted octanol–water partition coefficient (Wildman–Crippen LogP) is 25.8. The Morgan fingerprint density at radius 2 is 0.463 bits per heavy atom. The molecule has 0 saturated heterocycles. The fraction of sp³-hybridized carbons (Fsp3) is 0.284. The molecule has 27 heteroatoms. The molecule has 20 aromatic rings. The van der Waals surface area contributed by atoms with Crippen molar-refractivity contribution < 1.29 is 26.2 Å². The second kappa shape index (κ2) is 33.6. The fourth-order valence-corrected chi connectivity index (χ4v) is 20.6. The van der Waals surface area contributed by atoms with Gasteiger partial charge in [0, 0.05) is 158 Å². The van der Waals surface area contributed by atoms with Gasteiger partial charge in [0.2, 0.25) is 28.6 Å². The van der Waals surface area contributed by atoms with Crippen LogP contribution in [0.2, 0.25) is 0 Å². The van der Waals surface area contributed by atoms with Crippen LogP contribution in [-0.2, 0) is 0 Å². The van der Waals surface area contributed by atoms with Gasteiger partial charge in [-0.2, -0.15) is 0 Å². The summed E-state index contributed by atoms with van der Waals surface area (Å²) in [6, 6.07) is 51.3. The van der Waals surface area contributed by atoms with Gasteiger partial charge in [0.15, 0.2) is 68.6 Å². The molecule has 15 aromatic heterocycles. The average Bonchev–Trinajstić information content (AvgIpc) is 1.57. The van der Waals surface area contributed by atoms with Gasteiger partial charge in [0.05, 0.1) is 49.6 Å². The summed E-state index contributed by atoms with van der Waals surface area (Å²) in [6.07, 6.45) is 12.2. The van der Waals surface area contributed by atoms with Crippen molar-refractivity contribution in [2.75, 3.05) is 63.1 Å². The van der Waals surface area contributed by atoms with Crippen molar-refractivity contribution >= 4 is 197 Å². The largest absolute Gasteiger partial charge is 0.435 e. The van der Waals surface area contributed by atoms with Crippen LogP contribution in [0.5, 0.6) is 0 Å². The molecule has 5 atom stereocenters. The second-order valence-corrected chi connectivity index (χ2v) is 36.7. The first-order valence-electron chi connectivity index (χ1n) is 47.7. The Labute approximate surface area is 792 Å². The third-order valence-electron chi connectivity index (χ3n) is 27.1. The molecule has 5 aliphatic heterocycles. The topological polar surface area (TPSA) is 253 Å². The van der Waals surface area contributed by atoms with Crippen molar-refractivity contribution in [3.63, 3.8) is 0 Å². The van der Waals surface area contributed by atoms with Gasteiger partial charge < -0.3 is 61.3 Å². The van der Waals surface area contributed by atoms with Crippen molar-refractivity contribution in [3.05, 3.63) is 257 Å². The molecule has 5 unspecified atom stereocenters. The van der Waals surface area contributed by atoms with E-state index in [4.69, 9.17) is 26.2 Å².